The van der Waals surface area contributed by atoms with E-state index >= 15 is 0 Å². The second-order valence-corrected chi connectivity index (χ2v) is 4.60. The largest absolute Gasteiger partial charge is 0.320 e. The van der Waals surface area contributed by atoms with E-state index in [2.05, 4.69) is 36.3 Å². The van der Waals surface area contributed by atoms with Crippen LogP contribution in [-0.2, 0) is 0 Å². The monoisotopic (exact) mass is 317 g/mol. The highest BCUT2D eigenvalue weighted by Gasteiger charge is 2.12. The van der Waals surface area contributed by atoms with E-state index < -0.39 is 0 Å². The van der Waals surface area contributed by atoms with Gasteiger partial charge in [-0.3, -0.25) is 9.78 Å². The summed E-state index contributed by atoms with van der Waals surface area (Å²) in [5.41, 5.74) is 1.75. The summed E-state index contributed by atoms with van der Waals surface area (Å²) >= 11 is 3.24. The third-order valence-electron chi connectivity index (χ3n) is 2.55. The van der Waals surface area contributed by atoms with Crippen LogP contribution >= 0.6 is 15.9 Å². The van der Waals surface area contributed by atoms with Gasteiger partial charge in [-0.05, 0) is 28.1 Å². The first-order valence-corrected chi connectivity index (χ1v) is 6.23. The number of anilines is 1. The summed E-state index contributed by atoms with van der Waals surface area (Å²) in [6, 6.07) is 3.52. The lowest BCUT2D eigenvalue weighted by atomic mass is 10.2. The van der Waals surface area contributed by atoms with Crippen LogP contribution in [0.15, 0.2) is 47.7 Å². The zero-order valence-corrected chi connectivity index (χ0v) is 11.2. The van der Waals surface area contributed by atoms with Crippen molar-refractivity contribution >= 4 is 33.0 Å². The highest BCUT2D eigenvalue weighted by molar-refractivity contribution is 9.10. The number of amides is 1. The Hall–Kier alpha value is -2.28. The molecule has 0 bridgehead atoms. The third-order valence-corrected chi connectivity index (χ3v) is 3.02. The van der Waals surface area contributed by atoms with E-state index in [1.807, 2.05) is 0 Å². The molecule has 3 rings (SSSR count). The molecule has 0 aliphatic carbocycles. The molecule has 0 aliphatic rings. The molecule has 7 heteroatoms. The summed E-state index contributed by atoms with van der Waals surface area (Å²) in [6.45, 7) is 0. The first kappa shape index (κ1) is 11.8. The van der Waals surface area contributed by atoms with Gasteiger partial charge in [-0.2, -0.15) is 5.10 Å². The Balaban J connectivity index is 1.90. The van der Waals surface area contributed by atoms with Gasteiger partial charge >= 0.3 is 0 Å². The SMILES string of the molecule is O=C(Nc1ccc(Br)nc1)c1cnn2ccncc12. The lowest BCUT2D eigenvalue weighted by Crippen LogP contribution is -2.11. The predicted molar refractivity (Wildman–Crippen MR) is 72.9 cm³/mol. The minimum Gasteiger partial charge on any atom is -0.320 e. The van der Waals surface area contributed by atoms with Crippen LogP contribution in [0, 0.1) is 0 Å². The fourth-order valence-electron chi connectivity index (χ4n) is 1.66. The number of nitrogens with one attached hydrogen (secondary N) is 1. The smallest absolute Gasteiger partial charge is 0.259 e. The fraction of sp³-hybridized carbons (Fsp3) is 0. The number of hydrogen-bond acceptors (Lipinski definition) is 4. The summed E-state index contributed by atoms with van der Waals surface area (Å²) in [7, 11) is 0. The van der Waals surface area contributed by atoms with Crippen molar-refractivity contribution < 1.29 is 4.79 Å². The zero-order valence-electron chi connectivity index (χ0n) is 9.62. The number of carbonyl (C=O) groups is 1. The molecule has 0 fully saturated rings. The van der Waals surface area contributed by atoms with Crippen LogP contribution in [0.4, 0.5) is 5.69 Å². The molecule has 19 heavy (non-hydrogen) atoms. The Labute approximate surface area is 116 Å². The maximum atomic E-state index is 12.1. The molecule has 0 spiro atoms. The topological polar surface area (TPSA) is 72.2 Å². The highest BCUT2D eigenvalue weighted by atomic mass is 79.9. The van der Waals surface area contributed by atoms with E-state index in [0.29, 0.717) is 21.4 Å². The van der Waals surface area contributed by atoms with E-state index in [4.69, 9.17) is 0 Å². The van der Waals surface area contributed by atoms with Crippen molar-refractivity contribution in [2.24, 2.45) is 0 Å². The lowest BCUT2D eigenvalue weighted by molar-refractivity contribution is 0.102. The zero-order chi connectivity index (χ0) is 13.2. The van der Waals surface area contributed by atoms with Crippen LogP contribution in [0.1, 0.15) is 10.4 Å². The van der Waals surface area contributed by atoms with E-state index in [1.165, 1.54) is 6.20 Å². The van der Waals surface area contributed by atoms with E-state index in [1.54, 1.807) is 41.4 Å². The standard InChI is InChI=1S/C12H8BrN5O/c13-11-2-1-8(5-15-11)17-12(19)9-6-16-18-4-3-14-7-10(9)18/h1-7H,(H,17,19). The molecular weight excluding hydrogens is 310 g/mol. The van der Waals surface area contributed by atoms with Gasteiger partial charge in [0, 0.05) is 12.4 Å². The fourth-order valence-corrected chi connectivity index (χ4v) is 1.89. The second-order valence-electron chi connectivity index (χ2n) is 3.79. The summed E-state index contributed by atoms with van der Waals surface area (Å²) in [5, 5.41) is 6.85. The number of fused-ring (bicyclic) bond motifs is 1. The van der Waals surface area contributed by atoms with Gasteiger partial charge < -0.3 is 5.32 Å². The Morgan fingerprint density at radius 1 is 1.26 bits per heavy atom. The molecule has 1 amide bonds. The number of rotatable bonds is 2. The lowest BCUT2D eigenvalue weighted by Gasteiger charge is -2.03. The number of pyridine rings is 1. The first-order valence-electron chi connectivity index (χ1n) is 5.44. The minimum atomic E-state index is -0.243. The maximum absolute atomic E-state index is 12.1. The van der Waals surface area contributed by atoms with Gasteiger partial charge in [0.15, 0.2) is 0 Å². The van der Waals surface area contributed by atoms with E-state index in [0.717, 1.165) is 0 Å². The van der Waals surface area contributed by atoms with Crippen LogP contribution in [0.5, 0.6) is 0 Å². The average molecular weight is 318 g/mol. The van der Waals surface area contributed by atoms with Crippen LogP contribution in [-0.4, -0.2) is 25.5 Å². The molecule has 0 atom stereocenters. The third kappa shape index (κ3) is 2.32. The molecule has 3 aromatic heterocycles. The van der Waals surface area contributed by atoms with Crippen molar-refractivity contribution in [2.75, 3.05) is 5.32 Å². The molecular formula is C12H8BrN5O. The molecule has 0 aromatic carbocycles. The average Bonchev–Trinajstić information content (AvgIpc) is 2.85. The second kappa shape index (κ2) is 4.77. The Morgan fingerprint density at radius 3 is 2.95 bits per heavy atom. The molecule has 0 aliphatic heterocycles. The number of carbonyl (C=O) groups excluding carboxylic acids is 1. The van der Waals surface area contributed by atoms with Crippen molar-refractivity contribution in [3.8, 4) is 0 Å². The number of halogens is 1. The summed E-state index contributed by atoms with van der Waals surface area (Å²) in [6.07, 6.45) is 7.99. The van der Waals surface area contributed by atoms with Gasteiger partial charge in [-0.15, -0.1) is 0 Å². The summed E-state index contributed by atoms with van der Waals surface area (Å²) < 4.78 is 2.31. The Bertz CT molecular complexity index is 737. The number of aromatic nitrogens is 4. The van der Waals surface area contributed by atoms with Crippen LogP contribution < -0.4 is 5.32 Å². The van der Waals surface area contributed by atoms with E-state index in [-0.39, 0.29) is 5.91 Å². The Kier molecular flexibility index (Phi) is 2.96. The van der Waals surface area contributed by atoms with Gasteiger partial charge in [0.1, 0.15) is 4.60 Å². The maximum Gasteiger partial charge on any atom is 0.259 e. The summed E-state index contributed by atoms with van der Waals surface area (Å²) in [4.78, 5) is 20.2. The molecule has 1 N–H and O–H groups in total. The summed E-state index contributed by atoms with van der Waals surface area (Å²) in [5.74, 6) is -0.243. The molecule has 0 unspecified atom stereocenters. The minimum absolute atomic E-state index is 0.243. The van der Waals surface area contributed by atoms with Gasteiger partial charge in [0.2, 0.25) is 0 Å². The van der Waals surface area contributed by atoms with Gasteiger partial charge in [0.25, 0.3) is 5.91 Å². The van der Waals surface area contributed by atoms with Crippen LogP contribution in [0.2, 0.25) is 0 Å². The van der Waals surface area contributed by atoms with Crippen molar-refractivity contribution in [1.29, 1.82) is 0 Å². The van der Waals surface area contributed by atoms with Crippen LogP contribution in [0.3, 0.4) is 0 Å². The van der Waals surface area contributed by atoms with Crippen molar-refractivity contribution in [1.82, 2.24) is 19.6 Å². The quantitative estimate of drug-likeness (QED) is 0.735. The van der Waals surface area contributed by atoms with Crippen molar-refractivity contribution in [2.45, 2.75) is 0 Å². The molecule has 0 saturated heterocycles. The molecule has 0 saturated carbocycles. The molecule has 94 valence electrons. The molecule has 0 radical (unpaired) electrons. The van der Waals surface area contributed by atoms with Gasteiger partial charge in [-0.1, -0.05) is 0 Å². The predicted octanol–water partition coefficient (Wildman–Crippen LogP) is 2.14. The molecule has 6 nitrogen and oxygen atoms in total. The highest BCUT2D eigenvalue weighted by Crippen LogP contribution is 2.14. The van der Waals surface area contributed by atoms with Gasteiger partial charge in [0.05, 0.1) is 35.4 Å². The number of hydrogen-bond donors (Lipinski definition) is 1. The molecule has 3 aromatic rings. The normalized spacial score (nSPS) is 10.6. The first-order chi connectivity index (χ1) is 9.24. The van der Waals surface area contributed by atoms with Crippen LogP contribution in [0.25, 0.3) is 5.52 Å². The van der Waals surface area contributed by atoms with E-state index in [9.17, 15) is 4.79 Å². The Morgan fingerprint density at radius 2 is 2.16 bits per heavy atom. The van der Waals surface area contributed by atoms with Crippen molar-refractivity contribution in [3.05, 3.63) is 53.3 Å². The number of nitrogens with zero attached hydrogens (tertiary/aromatic N) is 4. The van der Waals surface area contributed by atoms with Crippen molar-refractivity contribution in [3.63, 3.8) is 0 Å². The van der Waals surface area contributed by atoms with Gasteiger partial charge in [-0.25, -0.2) is 9.50 Å². The molecule has 3 heterocycles.